The summed E-state index contributed by atoms with van der Waals surface area (Å²) in [6.07, 6.45) is 0.546. The van der Waals surface area contributed by atoms with Crippen LogP contribution < -0.4 is 10.9 Å². The fourth-order valence-electron chi connectivity index (χ4n) is 3.02. The maximum atomic E-state index is 12.4. The average molecular weight is 333 g/mol. The van der Waals surface area contributed by atoms with Gasteiger partial charge in [0.25, 0.3) is 11.5 Å². The zero-order chi connectivity index (χ0) is 17.4. The Balaban J connectivity index is 1.67. The summed E-state index contributed by atoms with van der Waals surface area (Å²) in [4.78, 5) is 57.8. The van der Waals surface area contributed by atoms with E-state index in [2.05, 4.69) is 15.3 Å². The number of fused-ring (bicyclic) bond motifs is 1. The van der Waals surface area contributed by atoms with Crippen LogP contribution >= 0.6 is 0 Å². The molecule has 0 spiro atoms. The molecular formula is C15H19N5O4. The number of hydrogen-bond donors (Lipinski definition) is 2. The SMILES string of the molecule is CCCN1C(=O)N[C@H](CC(=O)N2Cc3nc(C)[nH]c(=O)c3C2)C1=O. The summed E-state index contributed by atoms with van der Waals surface area (Å²) < 4.78 is 0. The number of H-pyrrole nitrogens is 1. The van der Waals surface area contributed by atoms with Crippen LogP contribution in [-0.4, -0.2) is 50.2 Å². The number of nitrogens with one attached hydrogen (secondary N) is 2. The molecule has 1 aromatic rings. The number of imide groups is 1. The molecule has 0 aliphatic carbocycles. The van der Waals surface area contributed by atoms with Gasteiger partial charge in [0.15, 0.2) is 0 Å². The van der Waals surface area contributed by atoms with E-state index in [1.807, 2.05) is 6.92 Å². The Morgan fingerprint density at radius 1 is 1.29 bits per heavy atom. The Kier molecular flexibility index (Phi) is 4.08. The summed E-state index contributed by atoms with van der Waals surface area (Å²) in [5, 5.41) is 2.54. The minimum absolute atomic E-state index is 0.115. The first-order valence-electron chi connectivity index (χ1n) is 7.89. The highest BCUT2D eigenvalue weighted by Crippen LogP contribution is 2.20. The van der Waals surface area contributed by atoms with E-state index in [1.54, 1.807) is 6.92 Å². The van der Waals surface area contributed by atoms with Gasteiger partial charge in [-0.2, -0.15) is 0 Å². The largest absolute Gasteiger partial charge is 0.332 e. The molecule has 1 atom stereocenters. The molecule has 9 nitrogen and oxygen atoms in total. The van der Waals surface area contributed by atoms with E-state index in [9.17, 15) is 19.2 Å². The molecular weight excluding hydrogens is 314 g/mol. The third-order valence-corrected chi connectivity index (χ3v) is 4.19. The minimum Gasteiger partial charge on any atom is -0.332 e. The van der Waals surface area contributed by atoms with Crippen molar-refractivity contribution in [3.63, 3.8) is 0 Å². The summed E-state index contributed by atoms with van der Waals surface area (Å²) in [6, 6.07) is -1.30. The average Bonchev–Trinajstić information content (AvgIpc) is 3.05. The van der Waals surface area contributed by atoms with Gasteiger partial charge in [0, 0.05) is 6.54 Å². The molecule has 128 valence electrons. The molecule has 0 aromatic carbocycles. The first-order valence-corrected chi connectivity index (χ1v) is 7.89. The van der Waals surface area contributed by atoms with Crippen molar-refractivity contribution in [2.75, 3.05) is 6.54 Å². The lowest BCUT2D eigenvalue weighted by molar-refractivity contribution is -0.136. The van der Waals surface area contributed by atoms with Gasteiger partial charge in [-0.15, -0.1) is 0 Å². The Morgan fingerprint density at radius 2 is 2.04 bits per heavy atom. The van der Waals surface area contributed by atoms with Gasteiger partial charge < -0.3 is 15.2 Å². The Bertz CT molecular complexity index is 772. The number of aryl methyl sites for hydroxylation is 1. The Hall–Kier alpha value is -2.71. The van der Waals surface area contributed by atoms with Crippen molar-refractivity contribution in [3.05, 3.63) is 27.4 Å². The third-order valence-electron chi connectivity index (χ3n) is 4.19. The van der Waals surface area contributed by atoms with Crippen LogP contribution in [0.15, 0.2) is 4.79 Å². The van der Waals surface area contributed by atoms with Crippen LogP contribution in [0.5, 0.6) is 0 Å². The molecule has 0 saturated carbocycles. The summed E-state index contributed by atoms with van der Waals surface area (Å²) >= 11 is 0. The zero-order valence-electron chi connectivity index (χ0n) is 13.6. The number of rotatable bonds is 4. The molecule has 24 heavy (non-hydrogen) atoms. The van der Waals surface area contributed by atoms with Crippen molar-refractivity contribution in [2.45, 2.75) is 45.8 Å². The molecule has 2 aliphatic rings. The number of aromatic nitrogens is 2. The van der Waals surface area contributed by atoms with Crippen LogP contribution in [0.25, 0.3) is 0 Å². The molecule has 3 heterocycles. The van der Waals surface area contributed by atoms with E-state index in [0.29, 0.717) is 30.0 Å². The number of nitrogens with zero attached hydrogens (tertiary/aromatic N) is 3. The van der Waals surface area contributed by atoms with Crippen LogP contribution in [0.4, 0.5) is 4.79 Å². The third kappa shape index (κ3) is 2.77. The van der Waals surface area contributed by atoms with Gasteiger partial charge in [0.05, 0.1) is 30.8 Å². The second-order valence-corrected chi connectivity index (χ2v) is 6.02. The van der Waals surface area contributed by atoms with Gasteiger partial charge in [0.2, 0.25) is 5.91 Å². The molecule has 0 unspecified atom stereocenters. The van der Waals surface area contributed by atoms with Crippen molar-refractivity contribution >= 4 is 17.8 Å². The molecule has 0 bridgehead atoms. The lowest BCUT2D eigenvalue weighted by Crippen LogP contribution is -2.37. The Labute approximate surface area is 138 Å². The van der Waals surface area contributed by atoms with Gasteiger partial charge in [-0.3, -0.25) is 19.3 Å². The molecule has 1 saturated heterocycles. The summed E-state index contributed by atoms with van der Waals surface area (Å²) in [7, 11) is 0. The van der Waals surface area contributed by atoms with Gasteiger partial charge in [-0.05, 0) is 13.3 Å². The number of carbonyl (C=O) groups is 3. The van der Waals surface area contributed by atoms with E-state index in [-0.39, 0.29) is 36.9 Å². The quantitative estimate of drug-likeness (QED) is 0.730. The Morgan fingerprint density at radius 3 is 2.75 bits per heavy atom. The summed E-state index contributed by atoms with van der Waals surface area (Å²) in [6.45, 7) is 4.30. The lowest BCUT2D eigenvalue weighted by Gasteiger charge is -2.17. The first-order chi connectivity index (χ1) is 11.4. The van der Waals surface area contributed by atoms with Gasteiger partial charge in [-0.1, -0.05) is 6.92 Å². The fourth-order valence-corrected chi connectivity index (χ4v) is 3.02. The van der Waals surface area contributed by atoms with Crippen LogP contribution in [0.2, 0.25) is 0 Å². The van der Waals surface area contributed by atoms with E-state index in [1.165, 1.54) is 4.90 Å². The standard InChI is InChI=1S/C15H19N5O4/c1-3-4-20-14(23)10(18-15(20)24)5-12(21)19-6-9-11(7-19)16-8(2)17-13(9)22/h10H,3-7H2,1-2H3,(H,18,24)(H,16,17,22)/t10-/m1/s1. The van der Waals surface area contributed by atoms with Gasteiger partial charge in [0.1, 0.15) is 11.9 Å². The highest BCUT2D eigenvalue weighted by atomic mass is 16.2. The predicted octanol–water partition coefficient (Wildman–Crippen LogP) is -0.359. The fraction of sp³-hybridized carbons (Fsp3) is 0.533. The van der Waals surface area contributed by atoms with Crippen LogP contribution in [-0.2, 0) is 22.7 Å². The molecule has 4 amide bonds. The maximum Gasteiger partial charge on any atom is 0.324 e. The van der Waals surface area contributed by atoms with Crippen molar-refractivity contribution in [1.29, 1.82) is 0 Å². The minimum atomic E-state index is -0.840. The monoisotopic (exact) mass is 333 g/mol. The van der Waals surface area contributed by atoms with E-state index < -0.39 is 12.1 Å². The number of hydrogen-bond acceptors (Lipinski definition) is 5. The highest BCUT2D eigenvalue weighted by Gasteiger charge is 2.40. The second-order valence-electron chi connectivity index (χ2n) is 6.02. The van der Waals surface area contributed by atoms with Gasteiger partial charge >= 0.3 is 6.03 Å². The van der Waals surface area contributed by atoms with Crippen molar-refractivity contribution in [2.24, 2.45) is 0 Å². The van der Waals surface area contributed by atoms with E-state index in [4.69, 9.17) is 0 Å². The van der Waals surface area contributed by atoms with Crippen molar-refractivity contribution < 1.29 is 14.4 Å². The summed E-state index contributed by atoms with van der Waals surface area (Å²) in [5.74, 6) is -0.165. The normalized spacial score (nSPS) is 19.7. The van der Waals surface area contributed by atoms with E-state index >= 15 is 0 Å². The zero-order valence-corrected chi connectivity index (χ0v) is 13.6. The highest BCUT2D eigenvalue weighted by molar-refractivity contribution is 6.05. The van der Waals surface area contributed by atoms with E-state index in [0.717, 1.165) is 4.90 Å². The smallest absolute Gasteiger partial charge is 0.324 e. The topological polar surface area (TPSA) is 115 Å². The van der Waals surface area contributed by atoms with Crippen LogP contribution in [0.1, 0.15) is 36.8 Å². The number of carbonyl (C=O) groups excluding carboxylic acids is 3. The lowest BCUT2D eigenvalue weighted by atomic mass is 10.2. The van der Waals surface area contributed by atoms with Crippen LogP contribution in [0, 0.1) is 6.92 Å². The maximum absolute atomic E-state index is 12.4. The molecule has 2 aliphatic heterocycles. The number of aromatic amines is 1. The molecule has 2 N–H and O–H groups in total. The molecule has 1 aromatic heterocycles. The number of amides is 4. The summed E-state index contributed by atoms with van der Waals surface area (Å²) in [5.41, 5.74) is 0.814. The molecule has 0 radical (unpaired) electrons. The van der Waals surface area contributed by atoms with Crippen LogP contribution in [0.3, 0.4) is 0 Å². The molecule has 1 fully saturated rings. The molecule has 9 heteroatoms. The van der Waals surface area contributed by atoms with Crippen molar-refractivity contribution in [1.82, 2.24) is 25.1 Å². The van der Waals surface area contributed by atoms with Gasteiger partial charge in [-0.25, -0.2) is 9.78 Å². The number of urea groups is 1. The predicted molar refractivity (Wildman–Crippen MR) is 82.8 cm³/mol. The first kappa shape index (κ1) is 16.2. The second kappa shape index (κ2) is 6.06. The molecule has 3 rings (SSSR count). The van der Waals surface area contributed by atoms with Crippen molar-refractivity contribution in [3.8, 4) is 0 Å².